The lowest BCUT2D eigenvalue weighted by molar-refractivity contribution is 0.112. The molecule has 1 aliphatic heterocycles. The summed E-state index contributed by atoms with van der Waals surface area (Å²) in [4.78, 5) is 12.8. The number of carbonyl (C=O) groups is 1. The van der Waals surface area contributed by atoms with Crippen LogP contribution in [0.1, 0.15) is 29.2 Å². The van der Waals surface area contributed by atoms with Crippen molar-refractivity contribution >= 4 is 6.29 Å². The number of nitrogens with zero attached hydrogens (tertiary/aromatic N) is 3. The van der Waals surface area contributed by atoms with E-state index in [-0.39, 0.29) is 0 Å². The van der Waals surface area contributed by atoms with Crippen molar-refractivity contribution in [1.29, 1.82) is 0 Å². The van der Waals surface area contributed by atoms with Crippen molar-refractivity contribution in [3.05, 3.63) is 18.0 Å². The molecule has 1 aromatic rings. The summed E-state index contributed by atoms with van der Waals surface area (Å²) in [5.41, 5.74) is 0.665. The van der Waals surface area contributed by atoms with E-state index in [2.05, 4.69) is 17.0 Å². The van der Waals surface area contributed by atoms with Crippen LogP contribution in [-0.4, -0.2) is 41.1 Å². The van der Waals surface area contributed by atoms with Gasteiger partial charge in [0.05, 0.1) is 17.8 Å². The highest BCUT2D eigenvalue weighted by Gasteiger charge is 2.19. The number of aldehydes is 1. The summed E-state index contributed by atoms with van der Waals surface area (Å²) in [5, 5.41) is 4.20. The summed E-state index contributed by atoms with van der Waals surface area (Å²) in [7, 11) is 2.12. The molecule has 0 bridgehead atoms. The number of piperidine rings is 1. The van der Waals surface area contributed by atoms with Crippen molar-refractivity contribution in [2.75, 3.05) is 20.1 Å². The Morgan fingerprint density at radius 1 is 1.64 bits per heavy atom. The quantitative estimate of drug-likeness (QED) is 0.657. The van der Waals surface area contributed by atoms with Crippen molar-refractivity contribution in [3.63, 3.8) is 0 Å². The normalized spacial score (nSPS) is 23.6. The van der Waals surface area contributed by atoms with E-state index in [0.717, 1.165) is 25.8 Å². The number of likely N-dealkylation sites (tertiary alicyclic amines) is 1. The third kappa shape index (κ3) is 1.85. The fourth-order valence-electron chi connectivity index (χ4n) is 1.97. The van der Waals surface area contributed by atoms with Crippen LogP contribution in [0.3, 0.4) is 0 Å². The van der Waals surface area contributed by atoms with Gasteiger partial charge in [-0.3, -0.25) is 9.48 Å². The lowest BCUT2D eigenvalue weighted by Gasteiger charge is -2.29. The summed E-state index contributed by atoms with van der Waals surface area (Å²) < 4.78 is 1.92. The Labute approximate surface area is 83.5 Å². The van der Waals surface area contributed by atoms with Crippen LogP contribution in [0.4, 0.5) is 0 Å². The van der Waals surface area contributed by atoms with Crippen LogP contribution in [0.2, 0.25) is 0 Å². The zero-order valence-electron chi connectivity index (χ0n) is 8.39. The van der Waals surface area contributed by atoms with Crippen molar-refractivity contribution in [3.8, 4) is 0 Å². The number of hydrogen-bond donors (Lipinski definition) is 0. The first-order chi connectivity index (χ1) is 6.79. The molecule has 1 saturated heterocycles. The van der Waals surface area contributed by atoms with Crippen molar-refractivity contribution in [2.24, 2.45) is 0 Å². The second-order valence-corrected chi connectivity index (χ2v) is 3.93. The average molecular weight is 193 g/mol. The van der Waals surface area contributed by atoms with E-state index >= 15 is 0 Å². The molecular formula is C10H15N3O. The second-order valence-electron chi connectivity index (χ2n) is 3.93. The van der Waals surface area contributed by atoms with Gasteiger partial charge in [0.2, 0.25) is 0 Å². The molecule has 1 aliphatic rings. The molecule has 2 heterocycles. The molecule has 0 N–H and O–H groups in total. The van der Waals surface area contributed by atoms with Gasteiger partial charge in [-0.05, 0) is 26.4 Å². The summed E-state index contributed by atoms with van der Waals surface area (Å²) in [5.74, 6) is 0. The summed E-state index contributed by atoms with van der Waals surface area (Å²) in [6, 6.07) is 0.433. The van der Waals surface area contributed by atoms with Gasteiger partial charge in [0, 0.05) is 12.7 Å². The number of rotatable bonds is 2. The summed E-state index contributed by atoms with van der Waals surface area (Å²) >= 11 is 0. The third-order valence-corrected chi connectivity index (χ3v) is 2.73. The van der Waals surface area contributed by atoms with Gasteiger partial charge in [-0.2, -0.15) is 5.10 Å². The molecule has 0 amide bonds. The molecule has 0 aromatic carbocycles. The standard InChI is InChI=1S/C10H15N3O/c1-12-4-2-3-10(7-12)13-6-9(8-14)5-11-13/h5-6,8,10H,2-4,7H2,1H3. The molecule has 0 spiro atoms. The minimum Gasteiger partial charge on any atom is -0.304 e. The van der Waals surface area contributed by atoms with Crippen LogP contribution in [0.15, 0.2) is 12.4 Å². The van der Waals surface area contributed by atoms with E-state index in [1.165, 1.54) is 6.42 Å². The van der Waals surface area contributed by atoms with Gasteiger partial charge in [0.15, 0.2) is 6.29 Å². The van der Waals surface area contributed by atoms with Crippen molar-refractivity contribution < 1.29 is 4.79 Å². The van der Waals surface area contributed by atoms with Crippen LogP contribution in [0, 0.1) is 0 Å². The molecule has 76 valence electrons. The maximum atomic E-state index is 10.5. The number of hydrogen-bond acceptors (Lipinski definition) is 3. The highest BCUT2D eigenvalue weighted by molar-refractivity contribution is 5.73. The fraction of sp³-hybridized carbons (Fsp3) is 0.600. The molecule has 0 saturated carbocycles. The molecule has 1 fully saturated rings. The van der Waals surface area contributed by atoms with E-state index in [4.69, 9.17) is 0 Å². The lowest BCUT2D eigenvalue weighted by atomic mass is 10.1. The van der Waals surface area contributed by atoms with Gasteiger partial charge in [-0.15, -0.1) is 0 Å². The molecule has 4 heteroatoms. The monoisotopic (exact) mass is 193 g/mol. The van der Waals surface area contributed by atoms with Crippen LogP contribution in [0.25, 0.3) is 0 Å². The van der Waals surface area contributed by atoms with Crippen LogP contribution in [0.5, 0.6) is 0 Å². The van der Waals surface area contributed by atoms with Crippen LogP contribution in [-0.2, 0) is 0 Å². The Hall–Kier alpha value is -1.16. The predicted octanol–water partition coefficient (Wildman–Crippen LogP) is 0.962. The smallest absolute Gasteiger partial charge is 0.153 e. The molecule has 4 nitrogen and oxygen atoms in total. The van der Waals surface area contributed by atoms with E-state index < -0.39 is 0 Å². The predicted molar refractivity (Wildman–Crippen MR) is 53.4 cm³/mol. The van der Waals surface area contributed by atoms with Gasteiger partial charge in [0.25, 0.3) is 0 Å². The lowest BCUT2D eigenvalue weighted by Crippen LogP contribution is -2.33. The zero-order valence-corrected chi connectivity index (χ0v) is 8.39. The first-order valence-electron chi connectivity index (χ1n) is 4.97. The summed E-state index contributed by atoms with van der Waals surface area (Å²) in [6.45, 7) is 2.19. The molecule has 2 rings (SSSR count). The van der Waals surface area contributed by atoms with Crippen molar-refractivity contribution in [2.45, 2.75) is 18.9 Å². The van der Waals surface area contributed by atoms with Crippen LogP contribution < -0.4 is 0 Å². The molecule has 1 atom stereocenters. The summed E-state index contributed by atoms with van der Waals surface area (Å²) in [6.07, 6.45) is 6.66. The molecule has 0 radical (unpaired) electrons. The topological polar surface area (TPSA) is 38.1 Å². The Balaban J connectivity index is 2.09. The van der Waals surface area contributed by atoms with Crippen LogP contribution >= 0.6 is 0 Å². The number of aromatic nitrogens is 2. The van der Waals surface area contributed by atoms with E-state index in [1.54, 1.807) is 6.20 Å². The van der Waals surface area contributed by atoms with Gasteiger partial charge in [-0.25, -0.2) is 0 Å². The molecule has 1 unspecified atom stereocenters. The van der Waals surface area contributed by atoms with Gasteiger partial charge >= 0.3 is 0 Å². The first kappa shape index (κ1) is 9.40. The SMILES string of the molecule is CN1CCCC(n2cc(C=O)cn2)C1. The second kappa shape index (κ2) is 3.92. The maximum absolute atomic E-state index is 10.5. The molecule has 14 heavy (non-hydrogen) atoms. The third-order valence-electron chi connectivity index (χ3n) is 2.73. The van der Waals surface area contributed by atoms with Crippen molar-refractivity contribution in [1.82, 2.24) is 14.7 Å². The van der Waals surface area contributed by atoms with Gasteiger partial charge < -0.3 is 4.90 Å². The van der Waals surface area contributed by atoms with E-state index in [1.807, 2.05) is 10.9 Å². The first-order valence-corrected chi connectivity index (χ1v) is 4.97. The largest absolute Gasteiger partial charge is 0.304 e. The fourth-order valence-corrected chi connectivity index (χ4v) is 1.97. The van der Waals surface area contributed by atoms with E-state index in [0.29, 0.717) is 11.6 Å². The molecule has 1 aromatic heterocycles. The molecular weight excluding hydrogens is 178 g/mol. The van der Waals surface area contributed by atoms with E-state index in [9.17, 15) is 4.79 Å². The minimum absolute atomic E-state index is 0.433. The Morgan fingerprint density at radius 2 is 2.50 bits per heavy atom. The maximum Gasteiger partial charge on any atom is 0.153 e. The Morgan fingerprint density at radius 3 is 3.14 bits per heavy atom. The zero-order chi connectivity index (χ0) is 9.97. The molecule has 0 aliphatic carbocycles. The van der Waals surface area contributed by atoms with Gasteiger partial charge in [-0.1, -0.05) is 0 Å². The highest BCUT2D eigenvalue weighted by Crippen LogP contribution is 2.19. The number of likely N-dealkylation sites (N-methyl/N-ethyl adjacent to an activating group) is 1. The Kier molecular flexibility index (Phi) is 2.63. The minimum atomic E-state index is 0.433. The number of carbonyl (C=O) groups excluding carboxylic acids is 1. The highest BCUT2D eigenvalue weighted by atomic mass is 16.1. The average Bonchev–Trinajstić information content (AvgIpc) is 2.66. The van der Waals surface area contributed by atoms with Gasteiger partial charge in [0.1, 0.15) is 0 Å². The Bertz CT molecular complexity index is 321.